The molecule has 2 N–H and O–H groups in total. The molecule has 35 heavy (non-hydrogen) atoms. The fraction of sp³-hybridized carbons (Fsp3) is 0.400. The molecule has 2 aromatic carbocycles. The molecule has 1 aliphatic heterocycles. The van der Waals surface area contributed by atoms with E-state index in [1.807, 2.05) is 31.2 Å². The Morgan fingerprint density at radius 1 is 1.00 bits per heavy atom. The van der Waals surface area contributed by atoms with Crippen LogP contribution in [0.4, 0.5) is 0 Å². The average Bonchev–Trinajstić information content (AvgIpc) is 2.81. The van der Waals surface area contributed by atoms with E-state index < -0.39 is 11.2 Å². The van der Waals surface area contributed by atoms with Crippen molar-refractivity contribution in [1.82, 2.24) is 14.9 Å². The second-order valence-corrected chi connectivity index (χ2v) is 10.7. The topological polar surface area (TPSA) is 69.5 Å². The average molecular weight is 470 g/mol. The fourth-order valence-corrected chi connectivity index (χ4v) is 5.15. The molecule has 0 radical (unpaired) electrons. The number of aryl methyl sites for hydroxylation is 1. The lowest BCUT2D eigenvalue weighted by atomic mass is 9.62. The first-order valence-electron chi connectivity index (χ1n) is 12.1. The molecule has 1 saturated heterocycles. The van der Waals surface area contributed by atoms with Crippen LogP contribution in [0.5, 0.6) is 0 Å². The zero-order valence-electron chi connectivity index (χ0n) is 21.5. The molecule has 0 unspecified atom stereocenters. The third-order valence-corrected chi connectivity index (χ3v) is 7.14. The maximum absolute atomic E-state index is 12.4. The summed E-state index contributed by atoms with van der Waals surface area (Å²) in [5.41, 5.74) is 1.93. The van der Waals surface area contributed by atoms with Gasteiger partial charge in [0.25, 0.3) is 0 Å². The standard InChI is InChI=1S/C30H35N3O2/c1-21(2)24-10-12-25(13-11-24)30(35,28(4)18-33(6)19-28)26-9-7-8-23(17-26)14-15-29(5,34)27-16-22(3)31-20-32-27/h7-13,16-17,20-21,34-35H,18-19H2,1-6H3/t29-,30+/m1/s1. The lowest BCUT2D eigenvalue weighted by molar-refractivity contribution is -0.127. The predicted octanol–water partition coefficient (Wildman–Crippen LogP) is 4.36. The maximum atomic E-state index is 12.4. The number of hydrogen-bond donors (Lipinski definition) is 2. The number of aliphatic hydroxyl groups is 2. The molecule has 0 aliphatic carbocycles. The van der Waals surface area contributed by atoms with Gasteiger partial charge in [0.2, 0.25) is 0 Å². The van der Waals surface area contributed by atoms with Gasteiger partial charge in [0.15, 0.2) is 5.60 Å². The number of hydrogen-bond acceptors (Lipinski definition) is 5. The van der Waals surface area contributed by atoms with Crippen LogP contribution in [0.2, 0.25) is 0 Å². The molecule has 2 heterocycles. The van der Waals surface area contributed by atoms with E-state index in [1.54, 1.807) is 13.0 Å². The van der Waals surface area contributed by atoms with Gasteiger partial charge in [0, 0.05) is 29.8 Å². The highest BCUT2D eigenvalue weighted by atomic mass is 16.3. The van der Waals surface area contributed by atoms with Crippen molar-refractivity contribution >= 4 is 0 Å². The van der Waals surface area contributed by atoms with Gasteiger partial charge in [-0.1, -0.05) is 69.0 Å². The smallest absolute Gasteiger partial charge is 0.165 e. The van der Waals surface area contributed by atoms with E-state index in [9.17, 15) is 10.2 Å². The van der Waals surface area contributed by atoms with Crippen molar-refractivity contribution in [1.29, 1.82) is 0 Å². The van der Waals surface area contributed by atoms with Gasteiger partial charge in [-0.2, -0.15) is 0 Å². The second-order valence-electron chi connectivity index (χ2n) is 10.7. The lowest BCUT2D eigenvalue weighted by Gasteiger charge is -2.56. The third kappa shape index (κ3) is 4.75. The van der Waals surface area contributed by atoms with E-state index in [2.05, 4.69) is 78.8 Å². The van der Waals surface area contributed by atoms with Gasteiger partial charge < -0.3 is 15.1 Å². The van der Waals surface area contributed by atoms with E-state index in [0.717, 1.165) is 35.5 Å². The van der Waals surface area contributed by atoms with Crippen molar-refractivity contribution in [2.45, 2.75) is 51.7 Å². The zero-order chi connectivity index (χ0) is 25.4. The zero-order valence-corrected chi connectivity index (χ0v) is 21.5. The first-order valence-corrected chi connectivity index (χ1v) is 12.1. The Bertz CT molecular complexity index is 1260. The number of rotatable bonds is 5. The highest BCUT2D eigenvalue weighted by molar-refractivity contribution is 5.47. The number of nitrogens with zero attached hydrogens (tertiary/aromatic N) is 3. The quantitative estimate of drug-likeness (QED) is 0.544. The van der Waals surface area contributed by atoms with Gasteiger partial charge in [0.1, 0.15) is 11.9 Å². The molecule has 5 heteroatoms. The van der Waals surface area contributed by atoms with Gasteiger partial charge in [-0.3, -0.25) is 0 Å². The van der Waals surface area contributed by atoms with Crippen LogP contribution >= 0.6 is 0 Å². The minimum atomic E-state index is -1.42. The van der Waals surface area contributed by atoms with Gasteiger partial charge in [-0.15, -0.1) is 0 Å². The lowest BCUT2D eigenvalue weighted by Crippen LogP contribution is -2.63. The molecule has 1 aliphatic rings. The Labute approximate surface area is 208 Å². The minimum Gasteiger partial charge on any atom is -0.380 e. The summed E-state index contributed by atoms with van der Waals surface area (Å²) in [6.07, 6.45) is 1.43. The molecule has 182 valence electrons. The molecule has 1 fully saturated rings. The van der Waals surface area contributed by atoms with Gasteiger partial charge in [-0.25, -0.2) is 9.97 Å². The monoisotopic (exact) mass is 469 g/mol. The van der Waals surface area contributed by atoms with Crippen molar-refractivity contribution in [2.24, 2.45) is 5.41 Å². The Morgan fingerprint density at radius 2 is 1.69 bits per heavy atom. The summed E-state index contributed by atoms with van der Waals surface area (Å²) >= 11 is 0. The van der Waals surface area contributed by atoms with Crippen LogP contribution in [0.25, 0.3) is 0 Å². The largest absolute Gasteiger partial charge is 0.380 e. The molecule has 1 aromatic heterocycles. The predicted molar refractivity (Wildman–Crippen MR) is 139 cm³/mol. The Balaban J connectivity index is 1.75. The Hall–Kier alpha value is -3.04. The van der Waals surface area contributed by atoms with E-state index in [1.165, 1.54) is 11.9 Å². The first-order chi connectivity index (χ1) is 16.4. The summed E-state index contributed by atoms with van der Waals surface area (Å²) < 4.78 is 0. The number of benzene rings is 2. The fourth-order valence-electron chi connectivity index (χ4n) is 5.15. The van der Waals surface area contributed by atoms with Crippen molar-refractivity contribution in [3.63, 3.8) is 0 Å². The van der Waals surface area contributed by atoms with Gasteiger partial charge in [-0.05, 0) is 61.7 Å². The summed E-state index contributed by atoms with van der Waals surface area (Å²) in [6, 6.07) is 17.8. The number of likely N-dealkylation sites (tertiary alicyclic amines) is 1. The Kier molecular flexibility index (Phi) is 6.59. The van der Waals surface area contributed by atoms with Crippen LogP contribution in [0.15, 0.2) is 60.9 Å². The molecule has 0 spiro atoms. The van der Waals surface area contributed by atoms with E-state index in [4.69, 9.17) is 0 Å². The molecule has 0 amide bonds. The van der Waals surface area contributed by atoms with Crippen molar-refractivity contribution in [2.75, 3.05) is 20.1 Å². The summed E-state index contributed by atoms with van der Waals surface area (Å²) in [7, 11) is 2.07. The van der Waals surface area contributed by atoms with Crippen LogP contribution in [-0.2, 0) is 11.2 Å². The van der Waals surface area contributed by atoms with Crippen LogP contribution in [0.1, 0.15) is 67.3 Å². The molecular weight excluding hydrogens is 434 g/mol. The van der Waals surface area contributed by atoms with E-state index in [0.29, 0.717) is 11.6 Å². The summed E-state index contributed by atoms with van der Waals surface area (Å²) in [5, 5.41) is 23.3. The highest BCUT2D eigenvalue weighted by Crippen LogP contribution is 2.50. The molecular formula is C30H35N3O2. The third-order valence-electron chi connectivity index (χ3n) is 7.14. The summed E-state index contributed by atoms with van der Waals surface area (Å²) in [6.45, 7) is 11.5. The summed E-state index contributed by atoms with van der Waals surface area (Å²) in [4.78, 5) is 10.5. The number of aromatic nitrogens is 2. The van der Waals surface area contributed by atoms with Crippen LogP contribution in [0.3, 0.4) is 0 Å². The second kappa shape index (κ2) is 9.20. The normalized spacial score (nSPS) is 18.7. The molecule has 0 saturated carbocycles. The van der Waals surface area contributed by atoms with Gasteiger partial charge >= 0.3 is 0 Å². The highest BCUT2D eigenvalue weighted by Gasteiger charge is 2.55. The SMILES string of the molecule is Cc1cc([C@](C)(O)C#Cc2cccc([C@@](O)(c3ccc(C(C)C)cc3)C3(C)CN(C)C3)c2)ncn1. The molecule has 5 nitrogen and oxygen atoms in total. The van der Waals surface area contributed by atoms with E-state index >= 15 is 0 Å². The van der Waals surface area contributed by atoms with Crippen LogP contribution in [-0.4, -0.2) is 45.2 Å². The molecule has 4 rings (SSSR count). The Morgan fingerprint density at radius 3 is 2.29 bits per heavy atom. The molecule has 3 aromatic rings. The molecule has 2 atom stereocenters. The van der Waals surface area contributed by atoms with Gasteiger partial charge in [0.05, 0.1) is 5.69 Å². The van der Waals surface area contributed by atoms with Crippen molar-refractivity contribution in [3.8, 4) is 11.8 Å². The maximum Gasteiger partial charge on any atom is 0.165 e. The minimum absolute atomic E-state index is 0.350. The molecule has 0 bridgehead atoms. The van der Waals surface area contributed by atoms with Crippen molar-refractivity contribution < 1.29 is 10.2 Å². The summed E-state index contributed by atoms with van der Waals surface area (Å²) in [5.74, 6) is 6.49. The first kappa shape index (κ1) is 25.1. The van der Waals surface area contributed by atoms with Crippen LogP contribution in [0, 0.1) is 24.2 Å². The van der Waals surface area contributed by atoms with Crippen molar-refractivity contribution in [3.05, 3.63) is 94.6 Å². The van der Waals surface area contributed by atoms with E-state index in [-0.39, 0.29) is 5.41 Å². The van der Waals surface area contributed by atoms with Crippen LogP contribution < -0.4 is 0 Å².